The maximum Gasteiger partial charge on any atom is 0.328 e. The number of aliphatic hydroxyl groups excluding tert-OH is 1. The standard InChI is InChI=1S/C44H44N6O6S/c1-29-39(28-57-44-47-48-49-50(44)36-14-7-4-8-15-36)55-42(56-40(29)33-19-17-31(27-51)18-20-33)34-23-21-32(22-24-34)37-16-10-9-13-35(37)26-45-43(53)46-38(41(52)54-2)25-30-11-5-3-6-12-30/h3-24,29,38-40,42,51H,25-28H2,1-2H3,(H2,45,46,53)/t29-,38-,39+,40+,42+/m0/s1. The Bertz CT molecular complexity index is 2220. The number of benzene rings is 5. The van der Waals surface area contributed by atoms with E-state index in [1.54, 1.807) is 4.68 Å². The van der Waals surface area contributed by atoms with Crippen LogP contribution in [0.2, 0.25) is 0 Å². The Kier molecular flexibility index (Phi) is 13.0. The Labute approximate surface area is 335 Å². The number of nitrogens with one attached hydrogen (secondary N) is 2. The second-order valence-electron chi connectivity index (χ2n) is 13.7. The van der Waals surface area contributed by atoms with Crippen molar-refractivity contribution in [1.82, 2.24) is 30.8 Å². The van der Waals surface area contributed by atoms with Gasteiger partial charge in [0.15, 0.2) is 6.29 Å². The minimum Gasteiger partial charge on any atom is -0.467 e. The Hall–Kier alpha value is -5.86. The third kappa shape index (κ3) is 9.76. The number of thioether (sulfide) groups is 1. The number of carbonyl (C=O) groups is 2. The summed E-state index contributed by atoms with van der Waals surface area (Å²) < 4.78 is 20.1. The molecule has 6 aromatic rings. The van der Waals surface area contributed by atoms with Crippen LogP contribution >= 0.6 is 11.8 Å². The second kappa shape index (κ2) is 18.9. The molecule has 1 aliphatic heterocycles. The smallest absolute Gasteiger partial charge is 0.328 e. The summed E-state index contributed by atoms with van der Waals surface area (Å²) in [6.07, 6.45) is -0.854. The Balaban J connectivity index is 1.06. The van der Waals surface area contributed by atoms with Crippen molar-refractivity contribution in [2.45, 2.75) is 56.2 Å². The number of aliphatic hydroxyl groups is 1. The van der Waals surface area contributed by atoms with E-state index in [0.717, 1.165) is 44.6 Å². The van der Waals surface area contributed by atoms with Crippen LogP contribution in [-0.2, 0) is 38.6 Å². The molecule has 292 valence electrons. The van der Waals surface area contributed by atoms with Gasteiger partial charge in [-0.2, -0.15) is 4.68 Å². The SMILES string of the molecule is COC(=O)[C@H](Cc1ccccc1)NC(=O)NCc1ccccc1-c1ccc([C@@H]2O[C@H](CSc3nnnn3-c3ccccc3)[C@H](C)[C@H](c3ccc(CO)cc3)O2)cc1. The van der Waals surface area contributed by atoms with Crippen LogP contribution in [0, 0.1) is 5.92 Å². The zero-order valence-corrected chi connectivity index (χ0v) is 32.4. The predicted octanol–water partition coefficient (Wildman–Crippen LogP) is 6.99. The molecule has 1 aromatic heterocycles. The van der Waals surface area contributed by atoms with Gasteiger partial charge in [0, 0.05) is 30.2 Å². The molecule has 12 nitrogen and oxygen atoms in total. The second-order valence-corrected chi connectivity index (χ2v) is 14.7. The summed E-state index contributed by atoms with van der Waals surface area (Å²) in [5.74, 6) is 0.0422. The molecule has 13 heteroatoms. The Morgan fingerprint density at radius 2 is 1.53 bits per heavy atom. The van der Waals surface area contributed by atoms with Crippen LogP contribution in [0.25, 0.3) is 16.8 Å². The first-order valence-corrected chi connectivity index (χ1v) is 19.7. The fraction of sp³-hybridized carbons (Fsp3) is 0.250. The molecule has 0 saturated carbocycles. The number of methoxy groups -OCH3 is 1. The number of carbonyl (C=O) groups excluding carboxylic acids is 2. The van der Waals surface area contributed by atoms with E-state index in [2.05, 4.69) is 33.1 Å². The lowest BCUT2D eigenvalue weighted by atomic mass is 9.91. The molecule has 0 spiro atoms. The van der Waals surface area contributed by atoms with E-state index in [-0.39, 0.29) is 31.3 Å². The summed E-state index contributed by atoms with van der Waals surface area (Å²) in [7, 11) is 1.31. The van der Waals surface area contributed by atoms with Crippen molar-refractivity contribution >= 4 is 23.8 Å². The minimum atomic E-state index is -0.837. The fourth-order valence-electron chi connectivity index (χ4n) is 6.81. The number of amides is 2. The van der Waals surface area contributed by atoms with Crippen molar-refractivity contribution in [3.05, 3.63) is 161 Å². The van der Waals surface area contributed by atoms with Crippen molar-refractivity contribution in [2.75, 3.05) is 12.9 Å². The van der Waals surface area contributed by atoms with Crippen molar-refractivity contribution in [3.8, 4) is 16.8 Å². The molecule has 0 unspecified atom stereocenters. The zero-order valence-electron chi connectivity index (χ0n) is 31.6. The summed E-state index contributed by atoms with van der Waals surface area (Å²) in [5, 5.41) is 28.4. The molecule has 1 fully saturated rings. The van der Waals surface area contributed by atoms with E-state index in [1.165, 1.54) is 18.9 Å². The first-order chi connectivity index (χ1) is 27.9. The Morgan fingerprint density at radius 3 is 2.25 bits per heavy atom. The van der Waals surface area contributed by atoms with E-state index in [1.807, 2.05) is 133 Å². The number of nitrogens with zero attached hydrogens (tertiary/aromatic N) is 4. The van der Waals surface area contributed by atoms with E-state index in [0.29, 0.717) is 17.3 Å². The number of hydrogen-bond donors (Lipinski definition) is 3. The molecular formula is C44H44N6O6S. The highest BCUT2D eigenvalue weighted by Crippen LogP contribution is 2.43. The van der Waals surface area contributed by atoms with Crippen LogP contribution in [-0.4, -0.2) is 62.3 Å². The van der Waals surface area contributed by atoms with E-state index < -0.39 is 24.3 Å². The summed E-state index contributed by atoms with van der Waals surface area (Å²) in [6, 6.07) is 41.7. The van der Waals surface area contributed by atoms with Gasteiger partial charge in [-0.15, -0.1) is 5.10 Å². The van der Waals surface area contributed by atoms with Gasteiger partial charge >= 0.3 is 12.0 Å². The summed E-state index contributed by atoms with van der Waals surface area (Å²) in [6.45, 7) is 2.32. The van der Waals surface area contributed by atoms with Gasteiger partial charge in [-0.1, -0.05) is 140 Å². The van der Waals surface area contributed by atoms with E-state index >= 15 is 0 Å². The molecule has 7 rings (SSSR count). The van der Waals surface area contributed by atoms with E-state index in [4.69, 9.17) is 14.2 Å². The zero-order chi connectivity index (χ0) is 39.6. The average molecular weight is 785 g/mol. The maximum absolute atomic E-state index is 13.0. The van der Waals surface area contributed by atoms with Crippen LogP contribution in [0.3, 0.4) is 0 Å². The van der Waals surface area contributed by atoms with Crippen molar-refractivity contribution in [2.24, 2.45) is 5.92 Å². The largest absolute Gasteiger partial charge is 0.467 e. The third-order valence-corrected chi connectivity index (χ3v) is 11.0. The summed E-state index contributed by atoms with van der Waals surface area (Å²) >= 11 is 1.53. The monoisotopic (exact) mass is 784 g/mol. The van der Waals surface area contributed by atoms with Gasteiger partial charge in [0.1, 0.15) is 6.04 Å². The van der Waals surface area contributed by atoms with Crippen LogP contribution in [0.15, 0.2) is 139 Å². The normalized spacial score (nSPS) is 18.4. The Morgan fingerprint density at radius 1 is 0.842 bits per heavy atom. The quantitative estimate of drug-likeness (QED) is 0.0780. The molecule has 2 heterocycles. The lowest BCUT2D eigenvalue weighted by Gasteiger charge is -2.41. The van der Waals surface area contributed by atoms with Crippen molar-refractivity contribution in [3.63, 3.8) is 0 Å². The van der Waals surface area contributed by atoms with Gasteiger partial charge in [0.2, 0.25) is 5.16 Å². The minimum absolute atomic E-state index is 0.0214. The van der Waals surface area contributed by atoms with E-state index in [9.17, 15) is 14.7 Å². The van der Waals surface area contributed by atoms with Gasteiger partial charge in [0.05, 0.1) is 31.6 Å². The van der Waals surface area contributed by atoms with Gasteiger partial charge in [0.25, 0.3) is 0 Å². The molecular weight excluding hydrogens is 741 g/mol. The van der Waals surface area contributed by atoms with Crippen LogP contribution < -0.4 is 10.6 Å². The van der Waals surface area contributed by atoms with Gasteiger partial charge in [-0.3, -0.25) is 0 Å². The van der Waals surface area contributed by atoms with Crippen LogP contribution in [0.5, 0.6) is 0 Å². The molecule has 5 aromatic carbocycles. The number of urea groups is 1. The van der Waals surface area contributed by atoms with Gasteiger partial charge in [-0.25, -0.2) is 9.59 Å². The number of tetrazole rings is 1. The highest BCUT2D eigenvalue weighted by atomic mass is 32.2. The first-order valence-electron chi connectivity index (χ1n) is 18.7. The highest BCUT2D eigenvalue weighted by Gasteiger charge is 2.38. The number of aromatic nitrogens is 4. The fourth-order valence-corrected chi connectivity index (χ4v) is 7.87. The van der Waals surface area contributed by atoms with Crippen LogP contribution in [0.1, 0.15) is 47.1 Å². The molecule has 57 heavy (non-hydrogen) atoms. The third-order valence-electron chi connectivity index (χ3n) is 9.97. The number of para-hydroxylation sites is 1. The average Bonchev–Trinajstić information content (AvgIpc) is 3.74. The number of ether oxygens (including phenoxy) is 3. The summed E-state index contributed by atoms with van der Waals surface area (Å²) in [5.41, 5.74) is 7.26. The van der Waals surface area contributed by atoms with Crippen molar-refractivity contribution in [1.29, 1.82) is 0 Å². The molecule has 0 aliphatic carbocycles. The molecule has 0 bridgehead atoms. The molecule has 3 N–H and O–H groups in total. The molecule has 2 amide bonds. The van der Waals surface area contributed by atoms with Crippen LogP contribution in [0.4, 0.5) is 4.79 Å². The molecule has 1 aliphatic rings. The molecule has 1 saturated heterocycles. The van der Waals surface area contributed by atoms with Crippen molar-refractivity contribution < 1.29 is 28.9 Å². The van der Waals surface area contributed by atoms with Gasteiger partial charge < -0.3 is 30.0 Å². The highest BCUT2D eigenvalue weighted by molar-refractivity contribution is 7.99. The summed E-state index contributed by atoms with van der Waals surface area (Å²) in [4.78, 5) is 25.5. The molecule has 5 atom stereocenters. The lowest BCUT2D eigenvalue weighted by Crippen LogP contribution is -2.47. The number of rotatable bonds is 14. The number of hydrogen-bond acceptors (Lipinski definition) is 10. The maximum atomic E-state index is 13.0. The first kappa shape index (κ1) is 39.4. The topological polar surface area (TPSA) is 150 Å². The molecule has 0 radical (unpaired) electrons. The van der Waals surface area contributed by atoms with Gasteiger partial charge in [-0.05, 0) is 55.9 Å². The number of esters is 1. The lowest BCUT2D eigenvalue weighted by molar-refractivity contribution is -0.268. The predicted molar refractivity (Wildman–Crippen MR) is 216 cm³/mol.